The van der Waals surface area contributed by atoms with Crippen molar-refractivity contribution in [3.8, 4) is 5.75 Å². The topological polar surface area (TPSA) is 38.7 Å². The molecule has 2 aliphatic rings. The summed E-state index contributed by atoms with van der Waals surface area (Å²) < 4.78 is 11.5. The van der Waals surface area contributed by atoms with Crippen LogP contribution in [0.4, 0.5) is 0 Å². The molecule has 4 heteroatoms. The van der Waals surface area contributed by atoms with E-state index in [1.54, 1.807) is 12.1 Å². The Morgan fingerprint density at radius 2 is 2.10 bits per heavy atom. The number of hydrogen-bond donors (Lipinski definition) is 1. The van der Waals surface area contributed by atoms with Crippen molar-refractivity contribution in [1.82, 2.24) is 0 Å². The van der Waals surface area contributed by atoms with Gasteiger partial charge in [0, 0.05) is 11.6 Å². The lowest BCUT2D eigenvalue weighted by atomic mass is 9.71. The summed E-state index contributed by atoms with van der Waals surface area (Å²) in [6, 6.07) is 7.24. The largest absolute Gasteiger partial charge is 0.491 e. The Bertz CT molecular complexity index is 442. The lowest BCUT2D eigenvalue weighted by Gasteiger charge is -2.48. The van der Waals surface area contributed by atoms with E-state index in [0.717, 1.165) is 38.0 Å². The Labute approximate surface area is 124 Å². The first-order chi connectivity index (χ1) is 9.67. The Morgan fingerprint density at radius 3 is 2.75 bits per heavy atom. The van der Waals surface area contributed by atoms with Gasteiger partial charge in [0.2, 0.25) is 0 Å². The van der Waals surface area contributed by atoms with Crippen LogP contribution in [-0.2, 0) is 4.74 Å². The zero-order valence-corrected chi connectivity index (χ0v) is 12.3. The van der Waals surface area contributed by atoms with Gasteiger partial charge in [-0.15, -0.1) is 0 Å². The van der Waals surface area contributed by atoms with E-state index in [-0.39, 0.29) is 11.5 Å². The molecule has 1 spiro atoms. The zero-order valence-electron chi connectivity index (χ0n) is 11.6. The second kappa shape index (κ2) is 5.92. The van der Waals surface area contributed by atoms with Crippen LogP contribution in [0.3, 0.4) is 0 Å². The molecule has 0 bridgehead atoms. The van der Waals surface area contributed by atoms with E-state index < -0.39 is 6.10 Å². The molecule has 1 heterocycles. The van der Waals surface area contributed by atoms with E-state index in [0.29, 0.717) is 11.6 Å². The Hall–Kier alpha value is -0.770. The van der Waals surface area contributed by atoms with Crippen LogP contribution in [0.5, 0.6) is 5.75 Å². The molecule has 1 saturated carbocycles. The molecule has 20 heavy (non-hydrogen) atoms. The van der Waals surface area contributed by atoms with Crippen LogP contribution in [0.15, 0.2) is 24.3 Å². The summed E-state index contributed by atoms with van der Waals surface area (Å²) in [6.07, 6.45) is 5.02. The Morgan fingerprint density at radius 1 is 1.35 bits per heavy atom. The van der Waals surface area contributed by atoms with Crippen molar-refractivity contribution in [2.24, 2.45) is 5.92 Å². The molecule has 2 unspecified atom stereocenters. The van der Waals surface area contributed by atoms with Crippen molar-refractivity contribution in [3.05, 3.63) is 29.3 Å². The fourth-order valence-electron chi connectivity index (χ4n) is 3.16. The minimum atomic E-state index is -0.424. The summed E-state index contributed by atoms with van der Waals surface area (Å²) in [5.41, 5.74) is 0.0736. The van der Waals surface area contributed by atoms with Crippen LogP contribution < -0.4 is 4.74 Å². The molecule has 110 valence electrons. The molecular formula is C16H21ClO3. The van der Waals surface area contributed by atoms with Crippen LogP contribution in [0.1, 0.15) is 32.1 Å². The molecule has 2 fully saturated rings. The maximum atomic E-state index is 10.3. The van der Waals surface area contributed by atoms with Gasteiger partial charge in [0.25, 0.3) is 0 Å². The van der Waals surface area contributed by atoms with Crippen molar-refractivity contribution in [2.45, 2.75) is 43.8 Å². The van der Waals surface area contributed by atoms with Crippen molar-refractivity contribution in [2.75, 3.05) is 13.2 Å². The lowest BCUT2D eigenvalue weighted by molar-refractivity contribution is -0.158. The number of halogens is 1. The first-order valence-corrected chi connectivity index (χ1v) is 7.75. The van der Waals surface area contributed by atoms with Crippen molar-refractivity contribution in [1.29, 1.82) is 0 Å². The van der Waals surface area contributed by atoms with Crippen LogP contribution >= 0.6 is 11.6 Å². The standard InChI is InChI=1S/C16H21ClO3/c17-13-2-4-14(5-3-13)19-11-15(18)12-6-9-20-16(10-12)7-1-8-16/h2-5,12,15,18H,1,6-11H2. The second-order valence-corrected chi connectivity index (χ2v) is 6.41. The molecule has 1 aliphatic carbocycles. The molecule has 2 atom stereocenters. The zero-order chi connectivity index (χ0) is 14.0. The molecule has 3 rings (SSSR count). The smallest absolute Gasteiger partial charge is 0.119 e. The highest BCUT2D eigenvalue weighted by Crippen LogP contribution is 2.45. The highest BCUT2D eigenvalue weighted by molar-refractivity contribution is 6.30. The van der Waals surface area contributed by atoms with Crippen LogP contribution in [0.2, 0.25) is 5.02 Å². The average Bonchev–Trinajstić information content (AvgIpc) is 2.45. The minimum Gasteiger partial charge on any atom is -0.491 e. The SMILES string of the molecule is OC(COc1ccc(Cl)cc1)C1CCOC2(CCC2)C1. The third kappa shape index (κ3) is 3.11. The molecule has 0 amide bonds. The monoisotopic (exact) mass is 296 g/mol. The van der Waals surface area contributed by atoms with Gasteiger partial charge in [0.1, 0.15) is 12.4 Å². The Balaban J connectivity index is 1.51. The highest BCUT2D eigenvalue weighted by Gasteiger charge is 2.44. The van der Waals surface area contributed by atoms with Crippen molar-refractivity contribution < 1.29 is 14.6 Å². The van der Waals surface area contributed by atoms with Crippen LogP contribution in [0, 0.1) is 5.92 Å². The first-order valence-electron chi connectivity index (χ1n) is 7.37. The van der Waals surface area contributed by atoms with Gasteiger partial charge in [-0.1, -0.05) is 11.6 Å². The van der Waals surface area contributed by atoms with Gasteiger partial charge in [-0.05, 0) is 62.3 Å². The Kier molecular flexibility index (Phi) is 4.20. The number of aliphatic hydroxyl groups is 1. The summed E-state index contributed by atoms with van der Waals surface area (Å²) >= 11 is 5.83. The van der Waals surface area contributed by atoms with Crippen LogP contribution in [0.25, 0.3) is 0 Å². The molecule has 1 aliphatic heterocycles. The third-order valence-corrected chi connectivity index (χ3v) is 4.83. The van der Waals surface area contributed by atoms with E-state index in [2.05, 4.69) is 0 Å². The molecule has 1 N–H and O–H groups in total. The van der Waals surface area contributed by atoms with Crippen molar-refractivity contribution >= 4 is 11.6 Å². The van der Waals surface area contributed by atoms with Crippen molar-refractivity contribution in [3.63, 3.8) is 0 Å². The van der Waals surface area contributed by atoms with Gasteiger partial charge in [-0.25, -0.2) is 0 Å². The molecule has 0 radical (unpaired) electrons. The number of hydrogen-bond acceptors (Lipinski definition) is 3. The quantitative estimate of drug-likeness (QED) is 0.925. The van der Waals surface area contributed by atoms with Crippen LogP contribution in [-0.4, -0.2) is 30.0 Å². The maximum absolute atomic E-state index is 10.3. The summed E-state index contributed by atoms with van der Waals surface area (Å²) in [6.45, 7) is 1.10. The minimum absolute atomic E-state index is 0.0736. The van der Waals surface area contributed by atoms with Gasteiger partial charge in [-0.3, -0.25) is 0 Å². The van der Waals surface area contributed by atoms with Gasteiger partial charge < -0.3 is 14.6 Å². The first kappa shape index (κ1) is 14.2. The second-order valence-electron chi connectivity index (χ2n) is 5.97. The molecule has 1 aromatic rings. The molecule has 1 aromatic carbocycles. The maximum Gasteiger partial charge on any atom is 0.119 e. The highest BCUT2D eigenvalue weighted by atomic mass is 35.5. The third-order valence-electron chi connectivity index (χ3n) is 4.57. The summed E-state index contributed by atoms with van der Waals surface area (Å²) in [5, 5.41) is 11.0. The fourth-order valence-corrected chi connectivity index (χ4v) is 3.29. The summed E-state index contributed by atoms with van der Waals surface area (Å²) in [7, 11) is 0. The van der Waals surface area contributed by atoms with Gasteiger partial charge in [0.05, 0.1) is 11.7 Å². The normalized spacial score (nSPS) is 26.0. The van der Waals surface area contributed by atoms with Gasteiger partial charge >= 0.3 is 0 Å². The molecular weight excluding hydrogens is 276 g/mol. The predicted molar refractivity (Wildman–Crippen MR) is 78.2 cm³/mol. The predicted octanol–water partition coefficient (Wildman–Crippen LogP) is 3.43. The average molecular weight is 297 g/mol. The number of ether oxygens (including phenoxy) is 2. The number of rotatable bonds is 4. The summed E-state index contributed by atoms with van der Waals surface area (Å²) in [4.78, 5) is 0. The van der Waals surface area contributed by atoms with Gasteiger partial charge in [0.15, 0.2) is 0 Å². The lowest BCUT2D eigenvalue weighted by Crippen LogP contribution is -2.48. The van der Waals surface area contributed by atoms with E-state index in [1.165, 1.54) is 6.42 Å². The van der Waals surface area contributed by atoms with E-state index >= 15 is 0 Å². The molecule has 1 saturated heterocycles. The van der Waals surface area contributed by atoms with E-state index in [4.69, 9.17) is 21.1 Å². The number of benzene rings is 1. The molecule has 0 aromatic heterocycles. The summed E-state index contributed by atoms with van der Waals surface area (Å²) in [5.74, 6) is 1.04. The fraction of sp³-hybridized carbons (Fsp3) is 0.625. The molecule has 3 nitrogen and oxygen atoms in total. The van der Waals surface area contributed by atoms with E-state index in [1.807, 2.05) is 12.1 Å². The van der Waals surface area contributed by atoms with Gasteiger partial charge in [-0.2, -0.15) is 0 Å². The number of aliphatic hydroxyl groups excluding tert-OH is 1. The van der Waals surface area contributed by atoms with E-state index in [9.17, 15) is 5.11 Å².